The molecule has 1 aromatic carbocycles. The minimum Gasteiger partial charge on any atom is -0.399 e. The van der Waals surface area contributed by atoms with Crippen LogP contribution in [0, 0.1) is 45.3 Å². The SMILES string of the molecule is N#CC1=C(N)C(C#N)(C#N)[C@@H](c2cccs2)[C@@H]2C[C@H](c3ccccc3)CC=C12. The maximum absolute atomic E-state index is 10.1. The lowest BCUT2D eigenvalue weighted by atomic mass is 9.57. The highest BCUT2D eigenvalue weighted by atomic mass is 32.1. The number of hydrogen-bond donors (Lipinski definition) is 1. The predicted molar refractivity (Wildman–Crippen MR) is 108 cm³/mol. The van der Waals surface area contributed by atoms with E-state index in [9.17, 15) is 15.8 Å². The lowest BCUT2D eigenvalue weighted by molar-refractivity contribution is 0.307. The van der Waals surface area contributed by atoms with Crippen molar-refractivity contribution in [1.29, 1.82) is 15.8 Å². The number of fused-ring (bicyclic) bond motifs is 1. The van der Waals surface area contributed by atoms with Crippen molar-refractivity contribution in [2.45, 2.75) is 24.7 Å². The van der Waals surface area contributed by atoms with Gasteiger partial charge in [-0.2, -0.15) is 15.8 Å². The molecule has 4 nitrogen and oxygen atoms in total. The number of nitrogens with zero attached hydrogens (tertiary/aromatic N) is 3. The van der Waals surface area contributed by atoms with Gasteiger partial charge in [-0.1, -0.05) is 42.5 Å². The van der Waals surface area contributed by atoms with E-state index in [1.807, 2.05) is 35.7 Å². The molecule has 0 fully saturated rings. The van der Waals surface area contributed by atoms with Crippen molar-refractivity contribution in [3.8, 4) is 18.2 Å². The molecule has 3 atom stereocenters. The van der Waals surface area contributed by atoms with Crippen LogP contribution < -0.4 is 5.73 Å². The minimum absolute atomic E-state index is 0.0964. The summed E-state index contributed by atoms with van der Waals surface area (Å²) in [5.74, 6) is -0.192. The largest absolute Gasteiger partial charge is 0.399 e. The van der Waals surface area contributed by atoms with Gasteiger partial charge in [0.2, 0.25) is 0 Å². The van der Waals surface area contributed by atoms with Crippen LogP contribution >= 0.6 is 11.3 Å². The fraction of sp³-hybridized carbons (Fsp3) is 0.261. The first-order valence-electron chi connectivity index (χ1n) is 9.18. The van der Waals surface area contributed by atoms with Crippen LogP contribution in [0.25, 0.3) is 0 Å². The highest BCUT2D eigenvalue weighted by molar-refractivity contribution is 7.10. The summed E-state index contributed by atoms with van der Waals surface area (Å²) in [6.07, 6.45) is 3.69. The van der Waals surface area contributed by atoms with Gasteiger partial charge in [0.25, 0.3) is 0 Å². The van der Waals surface area contributed by atoms with Gasteiger partial charge in [-0.05, 0) is 47.3 Å². The Morgan fingerprint density at radius 1 is 1.04 bits per heavy atom. The van der Waals surface area contributed by atoms with Crippen molar-refractivity contribution >= 4 is 11.3 Å². The molecular formula is C23H18N4S. The summed E-state index contributed by atoms with van der Waals surface area (Å²) in [6, 6.07) is 20.7. The third-order valence-corrected chi connectivity index (χ3v) is 6.95. The van der Waals surface area contributed by atoms with Crippen molar-refractivity contribution < 1.29 is 0 Å². The fourth-order valence-corrected chi connectivity index (χ4v) is 5.62. The predicted octanol–water partition coefficient (Wildman–Crippen LogP) is 4.74. The van der Waals surface area contributed by atoms with Crippen molar-refractivity contribution in [2.24, 2.45) is 17.1 Å². The van der Waals surface area contributed by atoms with Crippen LogP contribution in [0.3, 0.4) is 0 Å². The second kappa shape index (κ2) is 7.01. The molecule has 0 saturated heterocycles. The lowest BCUT2D eigenvalue weighted by Crippen LogP contribution is -2.43. The Morgan fingerprint density at radius 3 is 2.39 bits per heavy atom. The minimum atomic E-state index is -1.53. The Balaban J connectivity index is 1.91. The summed E-state index contributed by atoms with van der Waals surface area (Å²) in [5.41, 5.74) is 7.33. The highest BCUT2D eigenvalue weighted by Crippen LogP contribution is 2.58. The quantitative estimate of drug-likeness (QED) is 0.811. The lowest BCUT2D eigenvalue weighted by Gasteiger charge is -2.44. The number of rotatable bonds is 2. The van der Waals surface area contributed by atoms with Crippen LogP contribution in [0.5, 0.6) is 0 Å². The highest BCUT2D eigenvalue weighted by Gasteiger charge is 2.54. The molecule has 1 aromatic heterocycles. The Bertz CT molecular complexity index is 1060. The zero-order chi connectivity index (χ0) is 19.7. The summed E-state index contributed by atoms with van der Waals surface area (Å²) in [6.45, 7) is 0. The Kier molecular flexibility index (Phi) is 4.52. The van der Waals surface area contributed by atoms with Gasteiger partial charge in [0.1, 0.15) is 6.07 Å². The molecule has 0 aliphatic heterocycles. The summed E-state index contributed by atoms with van der Waals surface area (Å²) in [5, 5.41) is 31.8. The van der Waals surface area contributed by atoms with Gasteiger partial charge in [-0.3, -0.25) is 0 Å². The van der Waals surface area contributed by atoms with Crippen LogP contribution in [-0.2, 0) is 0 Å². The topological polar surface area (TPSA) is 97.4 Å². The molecule has 4 rings (SSSR count). The Labute approximate surface area is 168 Å². The number of nitriles is 3. The summed E-state index contributed by atoms with van der Waals surface area (Å²) >= 11 is 1.54. The van der Waals surface area contributed by atoms with Crippen molar-refractivity contribution in [3.63, 3.8) is 0 Å². The zero-order valence-electron chi connectivity index (χ0n) is 15.2. The van der Waals surface area contributed by atoms with Gasteiger partial charge < -0.3 is 5.73 Å². The molecule has 0 unspecified atom stereocenters. The molecule has 28 heavy (non-hydrogen) atoms. The molecule has 2 N–H and O–H groups in total. The fourth-order valence-electron chi connectivity index (χ4n) is 4.66. The number of allylic oxidation sites excluding steroid dienone is 4. The van der Waals surface area contributed by atoms with E-state index < -0.39 is 5.41 Å². The molecule has 0 radical (unpaired) electrons. The molecule has 5 heteroatoms. The Morgan fingerprint density at radius 2 is 1.79 bits per heavy atom. The first-order valence-corrected chi connectivity index (χ1v) is 10.1. The monoisotopic (exact) mass is 382 g/mol. The molecule has 0 saturated carbocycles. The molecular weight excluding hydrogens is 364 g/mol. The second-order valence-corrected chi connectivity index (χ2v) is 8.25. The maximum Gasteiger partial charge on any atom is 0.192 e. The smallest absolute Gasteiger partial charge is 0.192 e. The van der Waals surface area contributed by atoms with Crippen molar-refractivity contribution in [3.05, 3.63) is 81.2 Å². The number of nitrogens with two attached hydrogens (primary N) is 1. The second-order valence-electron chi connectivity index (χ2n) is 7.27. The van der Waals surface area contributed by atoms with Gasteiger partial charge in [0, 0.05) is 10.8 Å². The number of hydrogen-bond acceptors (Lipinski definition) is 5. The molecule has 0 amide bonds. The van der Waals surface area contributed by atoms with E-state index in [0.29, 0.717) is 5.57 Å². The van der Waals surface area contributed by atoms with Crippen LogP contribution in [0.2, 0.25) is 0 Å². The van der Waals surface area contributed by atoms with Crippen molar-refractivity contribution in [2.75, 3.05) is 0 Å². The maximum atomic E-state index is 10.1. The third-order valence-electron chi connectivity index (χ3n) is 6.00. The number of thiophene rings is 1. The van der Waals surface area contributed by atoms with E-state index in [-0.39, 0.29) is 23.5 Å². The van der Waals surface area contributed by atoms with E-state index in [4.69, 9.17) is 5.73 Å². The van der Waals surface area contributed by atoms with Crippen molar-refractivity contribution in [1.82, 2.24) is 0 Å². The van der Waals surface area contributed by atoms with Crippen LogP contribution in [0.1, 0.15) is 35.1 Å². The van der Waals surface area contributed by atoms with E-state index in [0.717, 1.165) is 23.3 Å². The molecule has 136 valence electrons. The third kappa shape index (κ3) is 2.55. The standard InChI is InChI=1S/C23H18N4S/c24-12-19-17-9-8-16(15-5-2-1-3-6-15)11-18(17)21(20-7-4-10-28-20)23(13-25,14-26)22(19)27/h1-7,9-10,16,18,21H,8,11,27H2/t16-,18-,21-/m1/s1. The van der Waals surface area contributed by atoms with E-state index in [1.165, 1.54) is 16.9 Å². The molecule has 2 aliphatic carbocycles. The molecule has 1 heterocycles. The van der Waals surface area contributed by atoms with E-state index in [2.05, 4.69) is 36.4 Å². The first-order chi connectivity index (χ1) is 13.7. The number of benzene rings is 1. The summed E-state index contributed by atoms with van der Waals surface area (Å²) in [7, 11) is 0. The van der Waals surface area contributed by atoms with Gasteiger partial charge in [-0.15, -0.1) is 11.3 Å². The average Bonchev–Trinajstić information content (AvgIpc) is 3.27. The van der Waals surface area contributed by atoms with Gasteiger partial charge in [0.05, 0.1) is 23.4 Å². The van der Waals surface area contributed by atoms with Gasteiger partial charge in [-0.25, -0.2) is 0 Å². The van der Waals surface area contributed by atoms with Gasteiger partial charge >= 0.3 is 0 Å². The normalized spacial score (nSPS) is 25.6. The summed E-state index contributed by atoms with van der Waals surface area (Å²) in [4.78, 5) is 0.965. The molecule has 0 spiro atoms. The zero-order valence-corrected chi connectivity index (χ0v) is 16.0. The van der Waals surface area contributed by atoms with Crippen LogP contribution in [-0.4, -0.2) is 0 Å². The Hall–Kier alpha value is -3.33. The first kappa shape index (κ1) is 18.1. The summed E-state index contributed by atoms with van der Waals surface area (Å²) < 4.78 is 0. The molecule has 2 aliphatic rings. The molecule has 2 aromatic rings. The van der Waals surface area contributed by atoms with E-state index >= 15 is 0 Å². The average molecular weight is 382 g/mol. The van der Waals surface area contributed by atoms with Crippen LogP contribution in [0.15, 0.2) is 70.8 Å². The molecule has 0 bridgehead atoms. The van der Waals surface area contributed by atoms with Crippen LogP contribution in [0.4, 0.5) is 0 Å². The van der Waals surface area contributed by atoms with E-state index in [1.54, 1.807) is 0 Å². The van der Waals surface area contributed by atoms with Gasteiger partial charge in [0.15, 0.2) is 5.41 Å².